The minimum Gasteiger partial charge on any atom is -0.310 e. The van der Waals surface area contributed by atoms with E-state index in [0.29, 0.717) is 5.71 Å². The number of hydrogen-bond donors (Lipinski definition) is 0. The van der Waals surface area contributed by atoms with Crippen molar-refractivity contribution in [3.63, 3.8) is 0 Å². The van der Waals surface area contributed by atoms with E-state index in [1.807, 2.05) is 25.2 Å². The highest BCUT2D eigenvalue weighted by molar-refractivity contribution is 6.50. The molecule has 0 atom stereocenters. The zero-order chi connectivity index (χ0) is 16.0. The van der Waals surface area contributed by atoms with Crippen molar-refractivity contribution in [3.8, 4) is 0 Å². The second-order valence-electron chi connectivity index (χ2n) is 6.06. The third kappa shape index (κ3) is 2.12. The Morgan fingerprint density at radius 2 is 1.78 bits per heavy atom. The molecule has 1 saturated heterocycles. The van der Waals surface area contributed by atoms with Gasteiger partial charge in [-0.3, -0.25) is 4.79 Å². The van der Waals surface area contributed by atoms with E-state index in [1.165, 1.54) is 5.56 Å². The van der Waals surface area contributed by atoms with Crippen LogP contribution in [0, 0.1) is 6.92 Å². The van der Waals surface area contributed by atoms with E-state index in [2.05, 4.69) is 37.3 Å². The van der Waals surface area contributed by atoms with E-state index in [9.17, 15) is 4.79 Å². The summed E-state index contributed by atoms with van der Waals surface area (Å²) in [6.07, 6.45) is 6.21. The lowest BCUT2D eigenvalue weighted by Gasteiger charge is -2.12. The quantitative estimate of drug-likeness (QED) is 0.773. The van der Waals surface area contributed by atoms with Crippen LogP contribution in [0.5, 0.6) is 0 Å². The summed E-state index contributed by atoms with van der Waals surface area (Å²) < 4.78 is 0. The van der Waals surface area contributed by atoms with Gasteiger partial charge in [-0.25, -0.2) is 4.99 Å². The third-order valence-electron chi connectivity index (χ3n) is 4.58. The molecule has 0 saturated carbocycles. The first kappa shape index (κ1) is 13.9. The number of likely N-dealkylation sites (tertiary alicyclic amines) is 1. The molecule has 0 radical (unpaired) electrons. The topological polar surface area (TPSA) is 32.7 Å². The zero-order valence-corrected chi connectivity index (χ0v) is 13.3. The molecule has 2 aliphatic rings. The Labute approximate surface area is 135 Å². The number of likely N-dealkylation sites (N-methyl/N-ethyl adjacent to an activating group) is 1. The molecule has 2 aromatic rings. The molecular weight excluding hydrogens is 284 g/mol. The van der Waals surface area contributed by atoms with Crippen LogP contribution < -0.4 is 0 Å². The number of allylic oxidation sites excluding steroid dienone is 3. The Balaban J connectivity index is 1.93. The molecular formula is C20H18N2O. The van der Waals surface area contributed by atoms with E-state index in [4.69, 9.17) is 4.99 Å². The van der Waals surface area contributed by atoms with Gasteiger partial charge in [-0.1, -0.05) is 42.5 Å². The van der Waals surface area contributed by atoms with Crippen molar-refractivity contribution < 1.29 is 4.79 Å². The number of aryl methyl sites for hydroxylation is 1. The second kappa shape index (κ2) is 5.20. The number of rotatable bonds is 1. The van der Waals surface area contributed by atoms with Crippen LogP contribution in [-0.2, 0) is 4.79 Å². The number of hydrogen-bond acceptors (Lipinski definition) is 2. The van der Waals surface area contributed by atoms with E-state index in [-0.39, 0.29) is 5.91 Å². The van der Waals surface area contributed by atoms with Crippen LogP contribution in [0.15, 0.2) is 64.8 Å². The minimum absolute atomic E-state index is 0.0185. The maximum absolute atomic E-state index is 12.6. The van der Waals surface area contributed by atoms with Crippen LogP contribution >= 0.6 is 0 Å². The van der Waals surface area contributed by atoms with Crippen molar-refractivity contribution in [2.75, 3.05) is 7.05 Å². The molecule has 0 unspecified atom stereocenters. The lowest BCUT2D eigenvalue weighted by molar-refractivity contribution is -0.120. The Kier molecular flexibility index (Phi) is 3.15. The summed E-state index contributed by atoms with van der Waals surface area (Å²) in [5.74, 6) is -0.0185. The monoisotopic (exact) mass is 302 g/mol. The predicted octanol–water partition coefficient (Wildman–Crippen LogP) is 4.30. The Hall–Kier alpha value is -2.68. The molecule has 3 heteroatoms. The van der Waals surface area contributed by atoms with Crippen molar-refractivity contribution in [3.05, 3.63) is 65.4 Å². The molecule has 2 aromatic carbocycles. The first-order valence-electron chi connectivity index (χ1n) is 7.93. The SMILES string of the molecule is Cc1cccc2cccc(N=C3C(=O)N(C)C4=CCCC=C43)c12. The normalized spacial score (nSPS) is 19.1. The fourth-order valence-corrected chi connectivity index (χ4v) is 3.41. The van der Waals surface area contributed by atoms with Gasteiger partial charge in [-0.05, 0) is 36.8 Å². The van der Waals surface area contributed by atoms with Crippen molar-refractivity contribution in [1.82, 2.24) is 4.90 Å². The molecule has 3 nitrogen and oxygen atoms in total. The van der Waals surface area contributed by atoms with Gasteiger partial charge in [0.1, 0.15) is 5.71 Å². The highest BCUT2D eigenvalue weighted by Crippen LogP contribution is 2.34. The number of amides is 1. The number of carbonyl (C=O) groups excluding carboxylic acids is 1. The maximum atomic E-state index is 12.6. The number of carbonyl (C=O) groups is 1. The zero-order valence-electron chi connectivity index (χ0n) is 13.3. The lowest BCUT2D eigenvalue weighted by atomic mass is 10.0. The van der Waals surface area contributed by atoms with Crippen LogP contribution in [0.2, 0.25) is 0 Å². The first-order valence-corrected chi connectivity index (χ1v) is 7.93. The molecule has 23 heavy (non-hydrogen) atoms. The van der Waals surface area contributed by atoms with Gasteiger partial charge in [0, 0.05) is 23.7 Å². The van der Waals surface area contributed by atoms with E-state index in [1.54, 1.807) is 4.90 Å². The summed E-state index contributed by atoms with van der Waals surface area (Å²) in [6, 6.07) is 12.3. The lowest BCUT2D eigenvalue weighted by Crippen LogP contribution is -2.21. The fraction of sp³-hybridized carbons (Fsp3) is 0.200. The smallest absolute Gasteiger partial charge is 0.277 e. The predicted molar refractivity (Wildman–Crippen MR) is 94.0 cm³/mol. The molecule has 114 valence electrons. The highest BCUT2D eigenvalue weighted by Gasteiger charge is 2.35. The fourth-order valence-electron chi connectivity index (χ4n) is 3.41. The Morgan fingerprint density at radius 1 is 1.04 bits per heavy atom. The summed E-state index contributed by atoms with van der Waals surface area (Å²) in [5, 5.41) is 2.27. The molecule has 1 heterocycles. The summed E-state index contributed by atoms with van der Waals surface area (Å²) in [4.78, 5) is 19.1. The number of nitrogens with zero attached hydrogens (tertiary/aromatic N) is 2. The van der Waals surface area contributed by atoms with Crippen molar-refractivity contribution in [2.45, 2.75) is 19.8 Å². The summed E-state index contributed by atoms with van der Waals surface area (Å²) in [5.41, 5.74) is 4.58. The van der Waals surface area contributed by atoms with Crippen molar-refractivity contribution in [2.24, 2.45) is 4.99 Å². The molecule has 1 aliphatic carbocycles. The number of fused-ring (bicyclic) bond motifs is 2. The summed E-state index contributed by atoms with van der Waals surface area (Å²) in [6.45, 7) is 2.08. The average molecular weight is 302 g/mol. The first-order chi connectivity index (χ1) is 11.2. The van der Waals surface area contributed by atoms with Gasteiger partial charge in [0.25, 0.3) is 5.91 Å². The third-order valence-corrected chi connectivity index (χ3v) is 4.58. The van der Waals surface area contributed by atoms with Gasteiger partial charge in [-0.2, -0.15) is 0 Å². The van der Waals surface area contributed by atoms with Crippen LogP contribution in [0.4, 0.5) is 5.69 Å². The van der Waals surface area contributed by atoms with Crippen LogP contribution in [-0.4, -0.2) is 23.6 Å². The van der Waals surface area contributed by atoms with Gasteiger partial charge >= 0.3 is 0 Å². The molecule has 0 bridgehead atoms. The van der Waals surface area contributed by atoms with Crippen molar-refractivity contribution in [1.29, 1.82) is 0 Å². The van der Waals surface area contributed by atoms with Gasteiger partial charge in [0.05, 0.1) is 5.69 Å². The summed E-state index contributed by atoms with van der Waals surface area (Å²) >= 11 is 0. The molecule has 0 spiro atoms. The summed E-state index contributed by atoms with van der Waals surface area (Å²) in [7, 11) is 1.82. The standard InChI is InChI=1S/C20H18N2O/c1-13-7-5-8-14-9-6-11-16(18(13)14)21-19-15-10-3-4-12-17(15)22(2)20(19)23/h5-12H,3-4H2,1-2H3. The minimum atomic E-state index is -0.0185. The number of aliphatic imine (C=N–C) groups is 1. The van der Waals surface area contributed by atoms with Crippen molar-refractivity contribution >= 4 is 28.1 Å². The molecule has 1 aliphatic heterocycles. The Morgan fingerprint density at radius 3 is 2.61 bits per heavy atom. The van der Waals surface area contributed by atoms with Crippen LogP contribution in [0.3, 0.4) is 0 Å². The largest absolute Gasteiger partial charge is 0.310 e. The molecule has 0 aromatic heterocycles. The van der Waals surface area contributed by atoms with E-state index >= 15 is 0 Å². The van der Waals surface area contributed by atoms with Gasteiger partial charge in [-0.15, -0.1) is 0 Å². The van der Waals surface area contributed by atoms with E-state index in [0.717, 1.165) is 40.6 Å². The maximum Gasteiger partial charge on any atom is 0.277 e. The van der Waals surface area contributed by atoms with E-state index < -0.39 is 0 Å². The molecule has 1 fully saturated rings. The van der Waals surface area contributed by atoms with Gasteiger partial charge < -0.3 is 4.90 Å². The van der Waals surface area contributed by atoms with Gasteiger partial charge in [0.2, 0.25) is 0 Å². The van der Waals surface area contributed by atoms with Gasteiger partial charge in [0.15, 0.2) is 0 Å². The molecule has 0 N–H and O–H groups in total. The molecule has 4 rings (SSSR count). The average Bonchev–Trinajstić information content (AvgIpc) is 2.81. The molecule has 1 amide bonds. The van der Waals surface area contributed by atoms with Crippen LogP contribution in [0.25, 0.3) is 10.8 Å². The second-order valence-corrected chi connectivity index (χ2v) is 6.06. The highest BCUT2D eigenvalue weighted by atomic mass is 16.2. The Bertz CT molecular complexity index is 913. The van der Waals surface area contributed by atoms with Crippen LogP contribution in [0.1, 0.15) is 18.4 Å². The number of benzene rings is 2.